The van der Waals surface area contributed by atoms with Gasteiger partial charge in [0.25, 0.3) is 5.91 Å². The predicted octanol–water partition coefficient (Wildman–Crippen LogP) is 1.07. The van der Waals surface area contributed by atoms with Crippen molar-refractivity contribution in [1.29, 1.82) is 0 Å². The predicted molar refractivity (Wildman–Crippen MR) is 75.4 cm³/mol. The third-order valence-corrected chi connectivity index (χ3v) is 4.06. The first-order valence-electron chi connectivity index (χ1n) is 7.58. The third kappa shape index (κ3) is 2.85. The second-order valence-electron chi connectivity index (χ2n) is 6.31. The first kappa shape index (κ1) is 13.5. The minimum atomic E-state index is 0.0479. The standard InChI is InChI=1S/C14H23N5O/c1-10(2)5-6-18(11-3-4-11)14(20)13-9-19(17-16-13)12-7-15-8-12/h9-12,15H,3-8H2,1-2H3. The molecule has 1 N–H and O–H groups in total. The Labute approximate surface area is 119 Å². The highest BCUT2D eigenvalue weighted by Gasteiger charge is 2.34. The summed E-state index contributed by atoms with van der Waals surface area (Å²) in [6.07, 6.45) is 5.11. The van der Waals surface area contributed by atoms with E-state index in [9.17, 15) is 4.79 Å². The lowest BCUT2D eigenvalue weighted by molar-refractivity contribution is 0.0729. The molecule has 0 unspecified atom stereocenters. The van der Waals surface area contributed by atoms with Crippen molar-refractivity contribution in [2.24, 2.45) is 5.92 Å². The maximum absolute atomic E-state index is 12.6. The van der Waals surface area contributed by atoms with E-state index in [0.29, 0.717) is 23.7 Å². The summed E-state index contributed by atoms with van der Waals surface area (Å²) in [6, 6.07) is 0.783. The van der Waals surface area contributed by atoms with Crippen LogP contribution in [0.3, 0.4) is 0 Å². The van der Waals surface area contributed by atoms with Crippen LogP contribution in [0.5, 0.6) is 0 Å². The molecule has 6 heteroatoms. The first-order chi connectivity index (χ1) is 9.65. The Kier molecular flexibility index (Phi) is 3.74. The van der Waals surface area contributed by atoms with Crippen molar-refractivity contribution in [3.05, 3.63) is 11.9 Å². The Morgan fingerprint density at radius 2 is 2.25 bits per heavy atom. The number of rotatable bonds is 6. The molecular formula is C14H23N5O. The molecule has 0 spiro atoms. The number of carbonyl (C=O) groups excluding carboxylic acids is 1. The molecule has 1 saturated heterocycles. The Bertz CT molecular complexity index is 476. The Balaban J connectivity index is 1.66. The molecule has 0 aromatic carbocycles. The van der Waals surface area contributed by atoms with E-state index in [2.05, 4.69) is 29.5 Å². The molecule has 1 aliphatic heterocycles. The van der Waals surface area contributed by atoms with Crippen LogP contribution >= 0.6 is 0 Å². The molecule has 1 amide bonds. The van der Waals surface area contributed by atoms with Gasteiger partial charge in [0, 0.05) is 25.7 Å². The van der Waals surface area contributed by atoms with E-state index in [0.717, 1.165) is 38.9 Å². The van der Waals surface area contributed by atoms with Gasteiger partial charge < -0.3 is 10.2 Å². The molecule has 2 heterocycles. The van der Waals surface area contributed by atoms with E-state index in [1.54, 1.807) is 6.20 Å². The molecule has 3 rings (SSSR count). The summed E-state index contributed by atoms with van der Waals surface area (Å²) < 4.78 is 1.82. The van der Waals surface area contributed by atoms with Gasteiger partial charge >= 0.3 is 0 Å². The number of hydrogen-bond donors (Lipinski definition) is 1. The number of amides is 1. The van der Waals surface area contributed by atoms with E-state index in [1.807, 2.05) is 9.58 Å². The highest BCUT2D eigenvalue weighted by atomic mass is 16.2. The molecule has 2 fully saturated rings. The van der Waals surface area contributed by atoms with Crippen molar-refractivity contribution in [3.63, 3.8) is 0 Å². The Morgan fingerprint density at radius 3 is 2.80 bits per heavy atom. The van der Waals surface area contributed by atoms with Crippen molar-refractivity contribution in [2.45, 2.75) is 45.2 Å². The quantitative estimate of drug-likeness (QED) is 0.845. The van der Waals surface area contributed by atoms with Crippen LogP contribution in [0.15, 0.2) is 6.20 Å². The maximum Gasteiger partial charge on any atom is 0.276 e. The molecule has 110 valence electrons. The van der Waals surface area contributed by atoms with E-state index in [-0.39, 0.29) is 5.91 Å². The van der Waals surface area contributed by atoms with Gasteiger partial charge in [0.05, 0.1) is 12.2 Å². The molecule has 0 bridgehead atoms. The van der Waals surface area contributed by atoms with Crippen LogP contribution in [0.2, 0.25) is 0 Å². The lowest BCUT2D eigenvalue weighted by atomic mass is 10.1. The van der Waals surface area contributed by atoms with Gasteiger partial charge in [-0.15, -0.1) is 5.10 Å². The van der Waals surface area contributed by atoms with Gasteiger partial charge in [-0.2, -0.15) is 0 Å². The topological polar surface area (TPSA) is 63.1 Å². The summed E-state index contributed by atoms with van der Waals surface area (Å²) in [5, 5.41) is 11.4. The smallest absolute Gasteiger partial charge is 0.276 e. The van der Waals surface area contributed by atoms with Crippen molar-refractivity contribution in [3.8, 4) is 0 Å². The second kappa shape index (κ2) is 5.52. The molecule has 0 atom stereocenters. The van der Waals surface area contributed by atoms with Gasteiger partial charge in [0.15, 0.2) is 5.69 Å². The fraction of sp³-hybridized carbons (Fsp3) is 0.786. The summed E-state index contributed by atoms with van der Waals surface area (Å²) >= 11 is 0. The van der Waals surface area contributed by atoms with Gasteiger partial charge in [-0.05, 0) is 25.2 Å². The lowest BCUT2D eigenvalue weighted by Gasteiger charge is -2.26. The normalized spacial score (nSPS) is 19.1. The molecule has 0 radical (unpaired) electrons. The van der Waals surface area contributed by atoms with Gasteiger partial charge in [0.2, 0.25) is 0 Å². The largest absolute Gasteiger partial charge is 0.334 e. The van der Waals surface area contributed by atoms with Crippen molar-refractivity contribution >= 4 is 5.91 Å². The summed E-state index contributed by atoms with van der Waals surface area (Å²) in [7, 11) is 0. The summed E-state index contributed by atoms with van der Waals surface area (Å²) in [5.41, 5.74) is 0.493. The average Bonchev–Trinajstić information content (AvgIpc) is 3.06. The highest BCUT2D eigenvalue weighted by Crippen LogP contribution is 2.28. The highest BCUT2D eigenvalue weighted by molar-refractivity contribution is 5.92. The van der Waals surface area contributed by atoms with Crippen LogP contribution in [0, 0.1) is 5.92 Å². The van der Waals surface area contributed by atoms with Crippen LogP contribution in [0.1, 0.15) is 49.6 Å². The second-order valence-corrected chi connectivity index (χ2v) is 6.31. The average molecular weight is 277 g/mol. The summed E-state index contributed by atoms with van der Waals surface area (Å²) in [6.45, 7) is 7.04. The van der Waals surface area contributed by atoms with E-state index in [4.69, 9.17) is 0 Å². The molecule has 20 heavy (non-hydrogen) atoms. The SMILES string of the molecule is CC(C)CCN(C(=O)c1cn(C2CNC2)nn1)C1CC1. The monoisotopic (exact) mass is 277 g/mol. The third-order valence-electron chi connectivity index (χ3n) is 4.06. The number of carbonyl (C=O) groups is 1. The zero-order valence-corrected chi connectivity index (χ0v) is 12.2. The molecule has 1 aliphatic carbocycles. The fourth-order valence-corrected chi connectivity index (χ4v) is 2.39. The Hall–Kier alpha value is -1.43. The maximum atomic E-state index is 12.6. The van der Waals surface area contributed by atoms with E-state index in [1.165, 1.54) is 0 Å². The van der Waals surface area contributed by atoms with Gasteiger partial charge in [-0.1, -0.05) is 19.1 Å². The van der Waals surface area contributed by atoms with Crippen LogP contribution in [-0.4, -0.2) is 51.5 Å². The van der Waals surface area contributed by atoms with Gasteiger partial charge in [-0.3, -0.25) is 4.79 Å². The number of hydrogen-bond acceptors (Lipinski definition) is 4. The number of aromatic nitrogens is 3. The zero-order chi connectivity index (χ0) is 14.1. The van der Waals surface area contributed by atoms with Crippen LogP contribution in [0.25, 0.3) is 0 Å². The summed E-state index contributed by atoms with van der Waals surface area (Å²) in [5.74, 6) is 0.660. The zero-order valence-electron chi connectivity index (χ0n) is 12.2. The van der Waals surface area contributed by atoms with E-state index < -0.39 is 0 Å². The number of nitrogens with zero attached hydrogens (tertiary/aromatic N) is 4. The van der Waals surface area contributed by atoms with Crippen LogP contribution in [0.4, 0.5) is 0 Å². The Morgan fingerprint density at radius 1 is 1.50 bits per heavy atom. The molecule has 1 aromatic heterocycles. The molecule has 2 aliphatic rings. The van der Waals surface area contributed by atoms with Crippen molar-refractivity contribution in [2.75, 3.05) is 19.6 Å². The molecule has 6 nitrogen and oxygen atoms in total. The molecule has 1 aromatic rings. The lowest BCUT2D eigenvalue weighted by Crippen LogP contribution is -2.43. The number of nitrogens with one attached hydrogen (secondary N) is 1. The molecule has 1 saturated carbocycles. The van der Waals surface area contributed by atoms with E-state index >= 15 is 0 Å². The molecular weight excluding hydrogens is 254 g/mol. The minimum absolute atomic E-state index is 0.0479. The fourth-order valence-electron chi connectivity index (χ4n) is 2.39. The van der Waals surface area contributed by atoms with Crippen LogP contribution in [-0.2, 0) is 0 Å². The van der Waals surface area contributed by atoms with Crippen LogP contribution < -0.4 is 5.32 Å². The van der Waals surface area contributed by atoms with Crippen molar-refractivity contribution < 1.29 is 4.79 Å². The first-order valence-corrected chi connectivity index (χ1v) is 7.58. The minimum Gasteiger partial charge on any atom is -0.334 e. The summed E-state index contributed by atoms with van der Waals surface area (Å²) in [4.78, 5) is 14.6. The van der Waals surface area contributed by atoms with Gasteiger partial charge in [0.1, 0.15) is 0 Å². The van der Waals surface area contributed by atoms with Crippen molar-refractivity contribution in [1.82, 2.24) is 25.2 Å². The van der Waals surface area contributed by atoms with Gasteiger partial charge in [-0.25, -0.2) is 4.68 Å².